The summed E-state index contributed by atoms with van der Waals surface area (Å²) in [6, 6.07) is 0. The van der Waals surface area contributed by atoms with Crippen LogP contribution in [0.4, 0.5) is 0 Å². The first-order chi connectivity index (χ1) is 9.20. The minimum absolute atomic E-state index is 0.222. The van der Waals surface area contributed by atoms with Crippen LogP contribution in [0.2, 0.25) is 0 Å². The highest BCUT2D eigenvalue weighted by atomic mass is 32.2. The van der Waals surface area contributed by atoms with Crippen molar-refractivity contribution in [3.05, 3.63) is 0 Å². The van der Waals surface area contributed by atoms with Crippen LogP contribution in [-0.4, -0.2) is 21.5 Å². The zero-order valence-corrected chi connectivity index (χ0v) is 16.0. The van der Waals surface area contributed by atoms with Gasteiger partial charge in [-0.1, -0.05) is 55.4 Å². The Kier molecular flexibility index (Phi) is 7.88. The first-order valence-electron chi connectivity index (χ1n) is 7.94. The van der Waals surface area contributed by atoms with Crippen molar-refractivity contribution in [2.75, 3.05) is 13.1 Å². The van der Waals surface area contributed by atoms with Crippen LogP contribution in [0.25, 0.3) is 0 Å². The van der Waals surface area contributed by atoms with E-state index in [2.05, 4.69) is 64.8 Å². The summed E-state index contributed by atoms with van der Waals surface area (Å²) in [7, 11) is -3.38. The van der Waals surface area contributed by atoms with Gasteiger partial charge < -0.3 is 0 Å². The summed E-state index contributed by atoms with van der Waals surface area (Å²) in [6.07, 6.45) is 1.99. The number of nitrogens with one attached hydrogen (secondary N) is 2. The highest BCUT2D eigenvalue weighted by Gasteiger charge is 2.19. The molecule has 0 rings (SSSR count). The van der Waals surface area contributed by atoms with E-state index in [1.807, 2.05) is 0 Å². The lowest BCUT2D eigenvalue weighted by Crippen LogP contribution is -2.41. The molecule has 0 bridgehead atoms. The molecule has 0 saturated heterocycles. The van der Waals surface area contributed by atoms with Gasteiger partial charge in [0.15, 0.2) is 0 Å². The smallest absolute Gasteiger partial charge is 0.202 e. The van der Waals surface area contributed by atoms with E-state index in [1.54, 1.807) is 0 Å². The molecule has 0 radical (unpaired) electrons. The fourth-order valence-corrected chi connectivity index (χ4v) is 3.90. The highest BCUT2D eigenvalue weighted by molar-refractivity contribution is 7.87. The summed E-state index contributed by atoms with van der Waals surface area (Å²) in [5, 5.41) is 0. The third-order valence-electron chi connectivity index (χ3n) is 3.17. The molecule has 0 fully saturated rings. The summed E-state index contributed by atoms with van der Waals surface area (Å²) in [4.78, 5) is 0. The topological polar surface area (TPSA) is 58.2 Å². The Labute approximate surface area is 132 Å². The predicted molar refractivity (Wildman–Crippen MR) is 91.4 cm³/mol. The maximum absolute atomic E-state index is 11.9. The van der Waals surface area contributed by atoms with Crippen LogP contribution in [0.1, 0.15) is 68.2 Å². The Bertz CT molecular complexity index is 359. The number of hydrogen-bond acceptors (Lipinski definition) is 2. The van der Waals surface area contributed by atoms with E-state index in [0.29, 0.717) is 24.9 Å². The molecule has 2 unspecified atom stereocenters. The summed E-state index contributed by atoms with van der Waals surface area (Å²) >= 11 is 0. The van der Waals surface area contributed by atoms with E-state index < -0.39 is 10.2 Å². The molecule has 0 aliphatic rings. The average molecular weight is 321 g/mol. The fourth-order valence-electron chi connectivity index (χ4n) is 2.79. The van der Waals surface area contributed by atoms with Crippen LogP contribution >= 0.6 is 0 Å². The third-order valence-corrected chi connectivity index (χ3v) is 4.26. The van der Waals surface area contributed by atoms with Crippen molar-refractivity contribution in [1.29, 1.82) is 0 Å². The Balaban J connectivity index is 4.16. The van der Waals surface area contributed by atoms with Gasteiger partial charge in [-0.2, -0.15) is 8.42 Å². The van der Waals surface area contributed by atoms with E-state index in [1.165, 1.54) is 0 Å². The molecule has 0 aliphatic heterocycles. The maximum atomic E-state index is 11.9. The molecule has 0 aliphatic carbocycles. The lowest BCUT2D eigenvalue weighted by atomic mass is 9.85. The maximum Gasteiger partial charge on any atom is 0.276 e. The minimum atomic E-state index is -3.38. The van der Waals surface area contributed by atoms with Crippen LogP contribution < -0.4 is 9.44 Å². The zero-order valence-electron chi connectivity index (χ0n) is 15.2. The summed E-state index contributed by atoms with van der Waals surface area (Å²) < 4.78 is 29.2. The monoisotopic (exact) mass is 320 g/mol. The molecule has 0 spiro atoms. The molecule has 0 aromatic carbocycles. The molecule has 0 aromatic rings. The molecule has 0 heterocycles. The van der Waals surface area contributed by atoms with Gasteiger partial charge in [0.1, 0.15) is 0 Å². The first kappa shape index (κ1) is 20.9. The van der Waals surface area contributed by atoms with Crippen molar-refractivity contribution in [2.45, 2.75) is 68.2 Å². The molecule has 0 saturated carbocycles. The second-order valence-electron chi connectivity index (χ2n) is 8.94. The SMILES string of the molecule is CC(CNS(=O)(=O)NCC(C)CC(C)(C)C)CC(C)(C)C. The lowest BCUT2D eigenvalue weighted by Gasteiger charge is -2.24. The average Bonchev–Trinajstić information content (AvgIpc) is 2.19. The van der Waals surface area contributed by atoms with Crippen LogP contribution in [0.5, 0.6) is 0 Å². The largest absolute Gasteiger partial charge is 0.276 e. The quantitative estimate of drug-likeness (QED) is 0.718. The molecule has 128 valence electrons. The molecular formula is C16H36N2O2S. The molecule has 5 heteroatoms. The number of rotatable bonds is 8. The standard InChI is InChI=1S/C16H36N2O2S/c1-13(9-15(3,4)5)11-17-21(19,20)18-12-14(2)10-16(6,7)8/h13-14,17-18H,9-12H2,1-8H3. The predicted octanol–water partition coefficient (Wildman–Crippen LogP) is 3.56. The zero-order chi connectivity index (χ0) is 16.9. The summed E-state index contributed by atoms with van der Waals surface area (Å²) in [5.41, 5.74) is 0.443. The summed E-state index contributed by atoms with van der Waals surface area (Å²) in [5.74, 6) is 0.655. The van der Waals surface area contributed by atoms with Crippen LogP contribution in [0.3, 0.4) is 0 Å². The highest BCUT2D eigenvalue weighted by Crippen LogP contribution is 2.24. The van der Waals surface area contributed by atoms with Crippen molar-refractivity contribution >= 4 is 10.2 Å². The number of hydrogen-bond donors (Lipinski definition) is 2. The molecule has 2 N–H and O–H groups in total. The van der Waals surface area contributed by atoms with Gasteiger partial charge in [0.2, 0.25) is 0 Å². The van der Waals surface area contributed by atoms with Gasteiger partial charge in [-0.25, -0.2) is 9.44 Å². The second kappa shape index (κ2) is 7.93. The molecule has 0 aromatic heterocycles. The van der Waals surface area contributed by atoms with Gasteiger partial charge in [-0.15, -0.1) is 0 Å². The van der Waals surface area contributed by atoms with Gasteiger partial charge >= 0.3 is 0 Å². The third kappa shape index (κ3) is 13.3. The van der Waals surface area contributed by atoms with Crippen LogP contribution in [-0.2, 0) is 10.2 Å². The van der Waals surface area contributed by atoms with E-state index in [9.17, 15) is 8.42 Å². The molecule has 0 amide bonds. The first-order valence-corrected chi connectivity index (χ1v) is 9.43. The second-order valence-corrected chi connectivity index (χ2v) is 10.5. The van der Waals surface area contributed by atoms with E-state index in [0.717, 1.165) is 12.8 Å². The van der Waals surface area contributed by atoms with Crippen molar-refractivity contribution in [3.8, 4) is 0 Å². The van der Waals surface area contributed by atoms with Crippen molar-refractivity contribution in [2.24, 2.45) is 22.7 Å². The van der Waals surface area contributed by atoms with Crippen molar-refractivity contribution in [1.82, 2.24) is 9.44 Å². The normalized spacial score (nSPS) is 16.8. The van der Waals surface area contributed by atoms with Gasteiger partial charge in [0.05, 0.1) is 0 Å². The van der Waals surface area contributed by atoms with E-state index in [-0.39, 0.29) is 10.8 Å². The van der Waals surface area contributed by atoms with Gasteiger partial charge in [0, 0.05) is 13.1 Å². The summed E-state index contributed by atoms with van der Waals surface area (Å²) in [6.45, 7) is 18.2. The molecular weight excluding hydrogens is 284 g/mol. The fraction of sp³-hybridized carbons (Fsp3) is 1.00. The van der Waals surface area contributed by atoms with Gasteiger partial charge in [-0.05, 0) is 35.5 Å². The Morgan fingerprint density at radius 1 is 0.762 bits per heavy atom. The molecule has 4 nitrogen and oxygen atoms in total. The van der Waals surface area contributed by atoms with Crippen LogP contribution in [0, 0.1) is 22.7 Å². The van der Waals surface area contributed by atoms with E-state index in [4.69, 9.17) is 0 Å². The van der Waals surface area contributed by atoms with Crippen LogP contribution in [0.15, 0.2) is 0 Å². The van der Waals surface area contributed by atoms with E-state index >= 15 is 0 Å². The lowest BCUT2D eigenvalue weighted by molar-refractivity contribution is 0.303. The Morgan fingerprint density at radius 3 is 1.29 bits per heavy atom. The van der Waals surface area contributed by atoms with Crippen molar-refractivity contribution < 1.29 is 8.42 Å². The molecule has 21 heavy (non-hydrogen) atoms. The van der Waals surface area contributed by atoms with Gasteiger partial charge in [-0.3, -0.25) is 0 Å². The Hall–Kier alpha value is -0.130. The molecule has 2 atom stereocenters. The Morgan fingerprint density at radius 2 is 1.05 bits per heavy atom. The van der Waals surface area contributed by atoms with Gasteiger partial charge in [0.25, 0.3) is 10.2 Å². The van der Waals surface area contributed by atoms with Crippen molar-refractivity contribution in [3.63, 3.8) is 0 Å². The minimum Gasteiger partial charge on any atom is -0.202 e.